The standard InChI is InChI=1S/C6H4O2/c7-6-4-2-1-3-5(4)8-6/h1-3,5H. The number of hydrogen-bond acceptors (Lipinski definition) is 2. The first-order chi connectivity index (χ1) is 3.88. The number of hydrogen-bond donors (Lipinski definition) is 0. The molecule has 2 rings (SSSR count). The minimum Gasteiger partial charge on any atom is -0.449 e. The molecule has 1 saturated heterocycles. The maximum atomic E-state index is 10.4. The molecule has 2 heteroatoms. The van der Waals surface area contributed by atoms with Crippen molar-refractivity contribution in [2.24, 2.45) is 0 Å². The third-order valence-corrected chi connectivity index (χ3v) is 1.34. The van der Waals surface area contributed by atoms with Gasteiger partial charge in [-0.1, -0.05) is 6.08 Å². The van der Waals surface area contributed by atoms with Gasteiger partial charge in [0.05, 0.1) is 5.57 Å². The van der Waals surface area contributed by atoms with Crippen molar-refractivity contribution in [2.45, 2.75) is 6.10 Å². The SMILES string of the molecule is O=C1OC2C=CC=C12. The molecule has 2 aliphatic rings. The van der Waals surface area contributed by atoms with Crippen LogP contribution in [-0.4, -0.2) is 12.1 Å². The molecule has 0 bridgehead atoms. The lowest BCUT2D eigenvalue weighted by molar-refractivity contribution is -0.152. The van der Waals surface area contributed by atoms with Crippen LogP contribution in [0.4, 0.5) is 0 Å². The largest absolute Gasteiger partial charge is 0.449 e. The van der Waals surface area contributed by atoms with Gasteiger partial charge in [0.25, 0.3) is 0 Å². The molecular weight excluding hydrogens is 104 g/mol. The maximum absolute atomic E-state index is 10.4. The molecule has 0 saturated carbocycles. The quantitative estimate of drug-likeness (QED) is 0.420. The van der Waals surface area contributed by atoms with E-state index in [1.165, 1.54) is 0 Å². The number of rotatable bonds is 0. The molecule has 0 radical (unpaired) electrons. The number of fused-ring (bicyclic) bond motifs is 1. The Kier molecular flexibility index (Phi) is 0.497. The maximum Gasteiger partial charge on any atom is 0.339 e. The van der Waals surface area contributed by atoms with Crippen molar-refractivity contribution in [3.8, 4) is 0 Å². The van der Waals surface area contributed by atoms with Crippen LogP contribution in [0.25, 0.3) is 0 Å². The van der Waals surface area contributed by atoms with Gasteiger partial charge in [0.2, 0.25) is 0 Å². The normalized spacial score (nSPS) is 30.8. The third kappa shape index (κ3) is 0.269. The Morgan fingerprint density at radius 2 is 2.50 bits per heavy atom. The highest BCUT2D eigenvalue weighted by Crippen LogP contribution is 2.26. The predicted octanol–water partition coefficient (Wildman–Crippen LogP) is 0.408. The Morgan fingerprint density at radius 3 is 3.00 bits per heavy atom. The summed E-state index contributed by atoms with van der Waals surface area (Å²) in [5.74, 6) is -0.167. The van der Waals surface area contributed by atoms with E-state index in [0.29, 0.717) is 0 Å². The summed E-state index contributed by atoms with van der Waals surface area (Å²) in [6.07, 6.45) is 5.49. The highest BCUT2D eigenvalue weighted by molar-refractivity contribution is 5.97. The molecule has 1 aliphatic carbocycles. The summed E-state index contributed by atoms with van der Waals surface area (Å²) in [7, 11) is 0. The fourth-order valence-electron chi connectivity index (χ4n) is 0.871. The zero-order valence-corrected chi connectivity index (χ0v) is 4.13. The number of esters is 1. The molecule has 0 aromatic heterocycles. The summed E-state index contributed by atoms with van der Waals surface area (Å²) in [6.45, 7) is 0. The van der Waals surface area contributed by atoms with Gasteiger partial charge in [0, 0.05) is 0 Å². The van der Waals surface area contributed by atoms with Gasteiger partial charge >= 0.3 is 5.97 Å². The number of allylic oxidation sites excluding steroid dienone is 2. The van der Waals surface area contributed by atoms with Crippen molar-refractivity contribution in [3.63, 3.8) is 0 Å². The second-order valence-electron chi connectivity index (χ2n) is 1.83. The highest BCUT2D eigenvalue weighted by Gasteiger charge is 2.35. The average molecular weight is 108 g/mol. The number of carbonyl (C=O) groups excluding carboxylic acids is 1. The molecule has 8 heavy (non-hydrogen) atoms. The molecule has 40 valence electrons. The van der Waals surface area contributed by atoms with E-state index < -0.39 is 0 Å². The lowest BCUT2D eigenvalue weighted by atomic mass is 10.1. The Hall–Kier alpha value is -1.05. The van der Waals surface area contributed by atoms with E-state index in [0.717, 1.165) is 5.57 Å². The Balaban J connectivity index is 2.38. The van der Waals surface area contributed by atoms with Crippen LogP contribution < -0.4 is 0 Å². The van der Waals surface area contributed by atoms with Crippen LogP contribution >= 0.6 is 0 Å². The fraction of sp³-hybridized carbons (Fsp3) is 0.167. The van der Waals surface area contributed by atoms with Crippen LogP contribution in [0.2, 0.25) is 0 Å². The zero-order chi connectivity index (χ0) is 5.56. The predicted molar refractivity (Wildman–Crippen MR) is 27.1 cm³/mol. The second kappa shape index (κ2) is 1.02. The molecule has 0 spiro atoms. The van der Waals surface area contributed by atoms with E-state index in [9.17, 15) is 4.79 Å². The molecule has 0 aromatic rings. The lowest BCUT2D eigenvalue weighted by Crippen LogP contribution is -2.32. The monoisotopic (exact) mass is 108 g/mol. The summed E-state index contributed by atoms with van der Waals surface area (Å²) in [5.41, 5.74) is 0.796. The van der Waals surface area contributed by atoms with Gasteiger partial charge in [-0.05, 0) is 12.2 Å². The van der Waals surface area contributed by atoms with E-state index in [-0.39, 0.29) is 12.1 Å². The molecule has 0 N–H and O–H groups in total. The first-order valence-corrected chi connectivity index (χ1v) is 2.47. The second-order valence-corrected chi connectivity index (χ2v) is 1.83. The Labute approximate surface area is 46.4 Å². The topological polar surface area (TPSA) is 26.3 Å². The smallest absolute Gasteiger partial charge is 0.339 e. The van der Waals surface area contributed by atoms with Crippen LogP contribution in [0, 0.1) is 0 Å². The average Bonchev–Trinajstić information content (AvgIpc) is 2.09. The van der Waals surface area contributed by atoms with Crippen LogP contribution in [-0.2, 0) is 9.53 Å². The van der Waals surface area contributed by atoms with Crippen LogP contribution in [0.15, 0.2) is 23.8 Å². The molecule has 1 fully saturated rings. The van der Waals surface area contributed by atoms with E-state index in [1.54, 1.807) is 6.08 Å². The molecule has 0 amide bonds. The molecule has 2 nitrogen and oxygen atoms in total. The first kappa shape index (κ1) is 3.89. The summed E-state index contributed by atoms with van der Waals surface area (Å²) < 4.78 is 4.67. The Morgan fingerprint density at radius 1 is 1.62 bits per heavy atom. The lowest BCUT2D eigenvalue weighted by Gasteiger charge is -2.22. The molecule has 1 atom stereocenters. The molecular formula is C6H4O2. The van der Waals surface area contributed by atoms with E-state index in [4.69, 9.17) is 0 Å². The summed E-state index contributed by atoms with van der Waals surface area (Å²) in [4.78, 5) is 10.4. The van der Waals surface area contributed by atoms with Crippen molar-refractivity contribution in [1.82, 2.24) is 0 Å². The van der Waals surface area contributed by atoms with Crippen molar-refractivity contribution in [3.05, 3.63) is 23.8 Å². The first-order valence-electron chi connectivity index (χ1n) is 2.47. The minimum atomic E-state index is -0.167. The highest BCUT2D eigenvalue weighted by atomic mass is 16.6. The number of carbonyl (C=O) groups is 1. The van der Waals surface area contributed by atoms with Crippen molar-refractivity contribution in [1.29, 1.82) is 0 Å². The molecule has 1 unspecified atom stereocenters. The zero-order valence-electron chi connectivity index (χ0n) is 4.13. The summed E-state index contributed by atoms with van der Waals surface area (Å²) in [6, 6.07) is 0. The van der Waals surface area contributed by atoms with E-state index in [1.807, 2.05) is 12.2 Å². The van der Waals surface area contributed by atoms with E-state index in [2.05, 4.69) is 4.74 Å². The molecule has 1 heterocycles. The van der Waals surface area contributed by atoms with Crippen LogP contribution in [0.1, 0.15) is 0 Å². The van der Waals surface area contributed by atoms with Gasteiger partial charge in [-0.3, -0.25) is 0 Å². The van der Waals surface area contributed by atoms with E-state index >= 15 is 0 Å². The van der Waals surface area contributed by atoms with Gasteiger partial charge in [0.15, 0.2) is 6.10 Å². The van der Waals surface area contributed by atoms with Gasteiger partial charge < -0.3 is 4.74 Å². The fourth-order valence-corrected chi connectivity index (χ4v) is 0.871. The summed E-state index contributed by atoms with van der Waals surface area (Å²) >= 11 is 0. The van der Waals surface area contributed by atoms with Gasteiger partial charge in [-0.15, -0.1) is 0 Å². The van der Waals surface area contributed by atoms with Crippen molar-refractivity contribution in [2.75, 3.05) is 0 Å². The Bertz CT molecular complexity index is 201. The molecule has 1 aliphatic heterocycles. The minimum absolute atomic E-state index is 0.00231. The number of ether oxygens (including phenoxy) is 1. The van der Waals surface area contributed by atoms with Crippen LogP contribution in [0.3, 0.4) is 0 Å². The van der Waals surface area contributed by atoms with Gasteiger partial charge in [-0.25, -0.2) is 4.79 Å². The molecule has 0 aromatic carbocycles. The third-order valence-electron chi connectivity index (χ3n) is 1.34. The van der Waals surface area contributed by atoms with Gasteiger partial charge in [-0.2, -0.15) is 0 Å². The van der Waals surface area contributed by atoms with Crippen LogP contribution in [0.5, 0.6) is 0 Å². The van der Waals surface area contributed by atoms with Crippen molar-refractivity contribution < 1.29 is 9.53 Å². The summed E-state index contributed by atoms with van der Waals surface area (Å²) in [5, 5.41) is 0. The van der Waals surface area contributed by atoms with Gasteiger partial charge in [0.1, 0.15) is 0 Å². The van der Waals surface area contributed by atoms with Crippen molar-refractivity contribution >= 4 is 5.97 Å².